The largest absolute Gasteiger partial charge is 0.469 e. The number of hydrogen-bond acceptors (Lipinski definition) is 3. The number of rotatable bonds is 5. The van der Waals surface area contributed by atoms with Crippen molar-refractivity contribution in [3.8, 4) is 0 Å². The van der Waals surface area contributed by atoms with Crippen molar-refractivity contribution >= 4 is 11.9 Å². The van der Waals surface area contributed by atoms with E-state index in [1.54, 1.807) is 0 Å². The van der Waals surface area contributed by atoms with Gasteiger partial charge in [0.15, 0.2) is 0 Å². The van der Waals surface area contributed by atoms with Gasteiger partial charge >= 0.3 is 5.97 Å². The molecule has 1 aliphatic rings. The SMILES string of the molecule is COC(=O)CCC(=O)N1CCCC[C@@H]1Cc1ccccc1. The third kappa shape index (κ3) is 4.59. The fourth-order valence-electron chi connectivity index (χ4n) is 2.88. The van der Waals surface area contributed by atoms with Gasteiger partial charge in [-0.15, -0.1) is 0 Å². The molecule has 0 radical (unpaired) electrons. The summed E-state index contributed by atoms with van der Waals surface area (Å²) < 4.78 is 4.60. The van der Waals surface area contributed by atoms with Crippen LogP contribution in [0.3, 0.4) is 0 Å². The van der Waals surface area contributed by atoms with E-state index in [0.717, 1.165) is 32.2 Å². The molecule has 1 heterocycles. The second-order valence-electron chi connectivity index (χ2n) is 5.50. The van der Waals surface area contributed by atoms with E-state index >= 15 is 0 Å². The predicted octanol–water partition coefficient (Wildman–Crippen LogP) is 2.56. The normalized spacial score (nSPS) is 18.3. The summed E-state index contributed by atoms with van der Waals surface area (Å²) in [6, 6.07) is 10.5. The standard InChI is InChI=1S/C17H23NO3/c1-21-17(20)11-10-16(19)18-12-6-5-9-15(18)13-14-7-3-2-4-8-14/h2-4,7-8,15H,5-6,9-13H2,1H3/t15-/m1/s1. The monoisotopic (exact) mass is 289 g/mol. The molecule has 1 aromatic carbocycles. The minimum Gasteiger partial charge on any atom is -0.469 e. The van der Waals surface area contributed by atoms with Gasteiger partial charge in [-0.2, -0.15) is 0 Å². The van der Waals surface area contributed by atoms with Crippen molar-refractivity contribution in [3.63, 3.8) is 0 Å². The summed E-state index contributed by atoms with van der Waals surface area (Å²) in [5, 5.41) is 0. The number of carbonyl (C=O) groups is 2. The third-order valence-corrected chi connectivity index (χ3v) is 4.03. The number of amides is 1. The quantitative estimate of drug-likeness (QED) is 0.783. The molecule has 0 unspecified atom stereocenters. The molecule has 21 heavy (non-hydrogen) atoms. The van der Waals surface area contributed by atoms with E-state index in [2.05, 4.69) is 16.9 Å². The third-order valence-electron chi connectivity index (χ3n) is 4.03. The maximum absolute atomic E-state index is 12.3. The highest BCUT2D eigenvalue weighted by Crippen LogP contribution is 2.22. The van der Waals surface area contributed by atoms with Crippen LogP contribution < -0.4 is 0 Å². The number of carbonyl (C=O) groups excluding carboxylic acids is 2. The average molecular weight is 289 g/mol. The number of benzene rings is 1. The van der Waals surface area contributed by atoms with Crippen LogP contribution in [0.4, 0.5) is 0 Å². The molecule has 1 fully saturated rings. The first-order chi connectivity index (χ1) is 10.2. The summed E-state index contributed by atoms with van der Waals surface area (Å²) in [7, 11) is 1.35. The Morgan fingerprint density at radius 2 is 1.95 bits per heavy atom. The molecule has 114 valence electrons. The Bertz CT molecular complexity index is 472. The Kier molecular flexibility index (Phi) is 5.78. The van der Waals surface area contributed by atoms with E-state index in [1.807, 2.05) is 23.1 Å². The lowest BCUT2D eigenvalue weighted by molar-refractivity contribution is -0.144. The van der Waals surface area contributed by atoms with Gasteiger partial charge in [0.05, 0.1) is 13.5 Å². The summed E-state index contributed by atoms with van der Waals surface area (Å²) in [5.41, 5.74) is 1.26. The number of esters is 1. The molecule has 1 aromatic rings. The molecule has 0 aromatic heterocycles. The van der Waals surface area contributed by atoms with E-state index in [-0.39, 0.29) is 30.8 Å². The molecule has 2 rings (SSSR count). The average Bonchev–Trinajstić information content (AvgIpc) is 2.53. The van der Waals surface area contributed by atoms with Crippen LogP contribution in [0.2, 0.25) is 0 Å². The van der Waals surface area contributed by atoms with E-state index < -0.39 is 0 Å². The number of likely N-dealkylation sites (tertiary alicyclic amines) is 1. The molecular weight excluding hydrogens is 266 g/mol. The van der Waals surface area contributed by atoms with Crippen LogP contribution >= 0.6 is 0 Å². The van der Waals surface area contributed by atoms with Gasteiger partial charge in [0.25, 0.3) is 0 Å². The number of nitrogens with zero attached hydrogens (tertiary/aromatic N) is 1. The van der Waals surface area contributed by atoms with Gasteiger partial charge in [-0.3, -0.25) is 9.59 Å². The van der Waals surface area contributed by atoms with Gasteiger partial charge in [0.2, 0.25) is 5.91 Å². The van der Waals surface area contributed by atoms with E-state index in [0.29, 0.717) is 0 Å². The van der Waals surface area contributed by atoms with Crippen molar-refractivity contribution < 1.29 is 14.3 Å². The molecule has 1 amide bonds. The molecule has 0 N–H and O–H groups in total. The van der Waals surface area contributed by atoms with Gasteiger partial charge < -0.3 is 9.64 Å². The van der Waals surface area contributed by atoms with Crippen molar-refractivity contribution in [3.05, 3.63) is 35.9 Å². The van der Waals surface area contributed by atoms with Crippen LogP contribution in [0, 0.1) is 0 Å². The maximum atomic E-state index is 12.3. The molecule has 1 saturated heterocycles. The molecule has 4 nitrogen and oxygen atoms in total. The number of hydrogen-bond donors (Lipinski definition) is 0. The van der Waals surface area contributed by atoms with Crippen LogP contribution in [-0.4, -0.2) is 36.5 Å². The van der Waals surface area contributed by atoms with Crippen LogP contribution in [-0.2, 0) is 20.7 Å². The minimum atomic E-state index is -0.319. The maximum Gasteiger partial charge on any atom is 0.306 e. The molecule has 1 aliphatic heterocycles. The van der Waals surface area contributed by atoms with Crippen LogP contribution in [0.1, 0.15) is 37.7 Å². The Morgan fingerprint density at radius 3 is 2.67 bits per heavy atom. The lowest BCUT2D eigenvalue weighted by atomic mass is 9.95. The Balaban J connectivity index is 1.95. The number of ether oxygens (including phenoxy) is 1. The highest BCUT2D eigenvalue weighted by Gasteiger charge is 2.26. The fourth-order valence-corrected chi connectivity index (χ4v) is 2.88. The first kappa shape index (κ1) is 15.5. The Labute approximate surface area is 126 Å². The topological polar surface area (TPSA) is 46.6 Å². The van der Waals surface area contributed by atoms with Crippen molar-refractivity contribution in [2.24, 2.45) is 0 Å². The van der Waals surface area contributed by atoms with Crippen LogP contribution in [0.5, 0.6) is 0 Å². The Morgan fingerprint density at radius 1 is 1.19 bits per heavy atom. The van der Waals surface area contributed by atoms with E-state index in [1.165, 1.54) is 12.7 Å². The second kappa shape index (κ2) is 7.81. The summed E-state index contributed by atoms with van der Waals surface area (Å²) in [6.45, 7) is 0.803. The zero-order valence-electron chi connectivity index (χ0n) is 12.6. The highest BCUT2D eigenvalue weighted by atomic mass is 16.5. The molecule has 1 atom stereocenters. The van der Waals surface area contributed by atoms with Crippen molar-refractivity contribution in [2.45, 2.75) is 44.6 Å². The lowest BCUT2D eigenvalue weighted by Gasteiger charge is -2.36. The predicted molar refractivity (Wildman–Crippen MR) is 80.7 cm³/mol. The van der Waals surface area contributed by atoms with Crippen molar-refractivity contribution in [1.29, 1.82) is 0 Å². The van der Waals surface area contributed by atoms with Crippen molar-refractivity contribution in [2.75, 3.05) is 13.7 Å². The molecule has 0 aliphatic carbocycles. The number of piperidine rings is 1. The van der Waals surface area contributed by atoms with E-state index in [9.17, 15) is 9.59 Å². The fraction of sp³-hybridized carbons (Fsp3) is 0.529. The van der Waals surface area contributed by atoms with Crippen molar-refractivity contribution in [1.82, 2.24) is 4.90 Å². The van der Waals surface area contributed by atoms with Gasteiger partial charge in [-0.1, -0.05) is 30.3 Å². The first-order valence-electron chi connectivity index (χ1n) is 7.61. The second-order valence-corrected chi connectivity index (χ2v) is 5.50. The van der Waals surface area contributed by atoms with E-state index in [4.69, 9.17) is 0 Å². The van der Waals surface area contributed by atoms with Gasteiger partial charge in [0.1, 0.15) is 0 Å². The zero-order valence-corrected chi connectivity index (χ0v) is 12.6. The summed E-state index contributed by atoms with van der Waals surface area (Å²) in [4.78, 5) is 25.5. The molecule has 0 saturated carbocycles. The summed E-state index contributed by atoms with van der Waals surface area (Å²) >= 11 is 0. The molecule has 0 spiro atoms. The highest BCUT2D eigenvalue weighted by molar-refractivity contribution is 5.81. The smallest absolute Gasteiger partial charge is 0.306 e. The Hall–Kier alpha value is -1.84. The first-order valence-corrected chi connectivity index (χ1v) is 7.61. The van der Waals surface area contributed by atoms with Gasteiger partial charge in [-0.25, -0.2) is 0 Å². The summed E-state index contributed by atoms with van der Waals surface area (Å²) in [6.07, 6.45) is 4.57. The molecule has 4 heteroatoms. The minimum absolute atomic E-state index is 0.0704. The van der Waals surface area contributed by atoms with Gasteiger partial charge in [0, 0.05) is 19.0 Å². The zero-order chi connectivity index (χ0) is 15.1. The lowest BCUT2D eigenvalue weighted by Crippen LogP contribution is -2.44. The van der Waals surface area contributed by atoms with Crippen LogP contribution in [0.25, 0.3) is 0 Å². The van der Waals surface area contributed by atoms with Crippen LogP contribution in [0.15, 0.2) is 30.3 Å². The van der Waals surface area contributed by atoms with Gasteiger partial charge in [-0.05, 0) is 31.2 Å². The number of methoxy groups -OCH3 is 1. The summed E-state index contributed by atoms with van der Waals surface area (Å²) in [5.74, 6) is -0.249. The molecular formula is C17H23NO3. The molecule has 0 bridgehead atoms.